The minimum Gasteiger partial charge on any atom is -0.351 e. The number of carbonyl (C=O) groups excluding carboxylic acids is 1. The van der Waals surface area contributed by atoms with Crippen LogP contribution in [0.4, 0.5) is 10.8 Å². The maximum Gasteiger partial charge on any atom is 0.270 e. The fourth-order valence-corrected chi connectivity index (χ4v) is 4.91. The molecule has 2 heterocycles. The van der Waals surface area contributed by atoms with Gasteiger partial charge in [-0.25, -0.2) is 4.98 Å². The first-order valence-corrected chi connectivity index (χ1v) is 11.9. The molecular formula is C24H29N5O3S. The van der Waals surface area contributed by atoms with Crippen LogP contribution in [0.1, 0.15) is 36.7 Å². The third-order valence-electron chi connectivity index (χ3n) is 5.94. The summed E-state index contributed by atoms with van der Waals surface area (Å²) < 4.78 is 0.833. The first kappa shape index (κ1) is 23.1. The summed E-state index contributed by atoms with van der Waals surface area (Å²) in [5, 5.41) is 14.9. The van der Waals surface area contributed by atoms with E-state index in [2.05, 4.69) is 40.9 Å². The fraction of sp³-hybridized carbons (Fsp3) is 0.417. The molecule has 0 bridgehead atoms. The number of fused-ring (bicyclic) bond motifs is 1. The standard InChI is InChI=1S/C24H29N5O3S/c1-24(2,3)18-6-4-17(5-7-18)22(30)25-10-11-27-12-14-28(15-13-27)23-26-20-9-8-19(29(31)32)16-21(20)33-23/h4-9,16H,10-15H2,1-3H3,(H,25,30). The van der Waals surface area contributed by atoms with Crippen LogP contribution in [-0.2, 0) is 5.41 Å². The Labute approximate surface area is 197 Å². The van der Waals surface area contributed by atoms with Crippen LogP contribution >= 0.6 is 11.3 Å². The lowest BCUT2D eigenvalue weighted by molar-refractivity contribution is -0.384. The Hall–Kier alpha value is -3.04. The Kier molecular flexibility index (Phi) is 6.62. The molecule has 1 saturated heterocycles. The summed E-state index contributed by atoms with van der Waals surface area (Å²) in [6.07, 6.45) is 0. The van der Waals surface area contributed by atoms with Gasteiger partial charge in [-0.15, -0.1) is 0 Å². The van der Waals surface area contributed by atoms with Crippen molar-refractivity contribution < 1.29 is 9.72 Å². The van der Waals surface area contributed by atoms with Gasteiger partial charge in [0.25, 0.3) is 11.6 Å². The SMILES string of the molecule is CC(C)(C)c1ccc(C(=O)NCCN2CCN(c3nc4ccc([N+](=O)[O-])cc4s3)CC2)cc1. The molecule has 0 unspecified atom stereocenters. The van der Waals surface area contributed by atoms with Gasteiger partial charge in [0.1, 0.15) is 0 Å². The van der Waals surface area contributed by atoms with E-state index in [1.54, 1.807) is 12.1 Å². The molecule has 1 N–H and O–H groups in total. The number of non-ortho nitro benzene ring substituents is 1. The predicted octanol–water partition coefficient (Wildman–Crippen LogP) is 4.05. The number of nitrogens with zero attached hydrogens (tertiary/aromatic N) is 4. The van der Waals surface area contributed by atoms with Crippen LogP contribution in [0, 0.1) is 10.1 Å². The second-order valence-electron chi connectivity index (χ2n) is 9.32. The van der Waals surface area contributed by atoms with E-state index in [4.69, 9.17) is 0 Å². The molecule has 1 amide bonds. The van der Waals surface area contributed by atoms with E-state index < -0.39 is 0 Å². The number of nitro groups is 1. The molecule has 0 atom stereocenters. The molecular weight excluding hydrogens is 438 g/mol. The Morgan fingerprint density at radius 2 is 1.82 bits per heavy atom. The van der Waals surface area contributed by atoms with Crippen LogP contribution < -0.4 is 10.2 Å². The molecule has 1 aromatic heterocycles. The highest BCUT2D eigenvalue weighted by Crippen LogP contribution is 2.31. The smallest absolute Gasteiger partial charge is 0.270 e. The summed E-state index contributed by atoms with van der Waals surface area (Å²) in [4.78, 5) is 32.3. The summed E-state index contributed by atoms with van der Waals surface area (Å²) in [6, 6.07) is 12.6. The van der Waals surface area contributed by atoms with Gasteiger partial charge in [0.2, 0.25) is 0 Å². The van der Waals surface area contributed by atoms with Crippen molar-refractivity contribution in [2.75, 3.05) is 44.2 Å². The van der Waals surface area contributed by atoms with Crippen molar-refractivity contribution in [1.82, 2.24) is 15.2 Å². The second-order valence-corrected chi connectivity index (χ2v) is 10.3. The van der Waals surface area contributed by atoms with Crippen LogP contribution in [0.25, 0.3) is 10.2 Å². The van der Waals surface area contributed by atoms with Crippen LogP contribution in [0.3, 0.4) is 0 Å². The molecule has 0 saturated carbocycles. The molecule has 0 spiro atoms. The van der Waals surface area contributed by atoms with Crippen molar-refractivity contribution in [2.24, 2.45) is 0 Å². The largest absolute Gasteiger partial charge is 0.351 e. The molecule has 0 radical (unpaired) electrons. The number of nitro benzene ring substituents is 1. The molecule has 3 aromatic rings. The Bertz CT molecular complexity index is 1150. The lowest BCUT2D eigenvalue weighted by Crippen LogP contribution is -2.48. The number of thiazole rings is 1. The molecule has 1 aliphatic rings. The predicted molar refractivity (Wildman–Crippen MR) is 132 cm³/mol. The summed E-state index contributed by atoms with van der Waals surface area (Å²) in [5.41, 5.74) is 2.85. The molecule has 33 heavy (non-hydrogen) atoms. The number of anilines is 1. The summed E-state index contributed by atoms with van der Waals surface area (Å²) in [6.45, 7) is 11.3. The van der Waals surface area contributed by atoms with E-state index in [0.29, 0.717) is 12.1 Å². The molecule has 1 aliphatic heterocycles. The van der Waals surface area contributed by atoms with Crippen molar-refractivity contribution in [3.8, 4) is 0 Å². The topological polar surface area (TPSA) is 91.6 Å². The molecule has 0 aliphatic carbocycles. The normalized spacial score (nSPS) is 15.1. The van der Waals surface area contributed by atoms with Gasteiger partial charge in [0.15, 0.2) is 5.13 Å². The molecule has 1 fully saturated rings. The third kappa shape index (κ3) is 5.48. The fourth-order valence-electron chi connectivity index (χ4n) is 3.86. The number of hydrogen-bond acceptors (Lipinski definition) is 7. The van der Waals surface area contributed by atoms with Crippen LogP contribution in [0.15, 0.2) is 42.5 Å². The molecule has 2 aromatic carbocycles. The number of rotatable bonds is 6. The highest BCUT2D eigenvalue weighted by Gasteiger charge is 2.21. The zero-order chi connectivity index (χ0) is 23.6. The van der Waals surface area contributed by atoms with E-state index in [1.165, 1.54) is 23.0 Å². The van der Waals surface area contributed by atoms with E-state index in [0.717, 1.165) is 48.1 Å². The average molecular weight is 468 g/mol. The van der Waals surface area contributed by atoms with Crippen molar-refractivity contribution in [3.05, 3.63) is 63.7 Å². The number of piperazine rings is 1. The third-order valence-corrected chi connectivity index (χ3v) is 7.02. The van der Waals surface area contributed by atoms with Gasteiger partial charge in [-0.05, 0) is 29.2 Å². The molecule has 9 heteroatoms. The highest BCUT2D eigenvalue weighted by atomic mass is 32.1. The number of hydrogen-bond donors (Lipinski definition) is 1. The van der Waals surface area contributed by atoms with Crippen LogP contribution in [-0.4, -0.2) is 60.0 Å². The van der Waals surface area contributed by atoms with Crippen molar-refractivity contribution >= 4 is 38.3 Å². The summed E-state index contributed by atoms with van der Waals surface area (Å²) >= 11 is 1.49. The number of benzene rings is 2. The van der Waals surface area contributed by atoms with Gasteiger partial charge >= 0.3 is 0 Å². The van der Waals surface area contributed by atoms with Gasteiger partial charge in [-0.1, -0.05) is 44.2 Å². The van der Waals surface area contributed by atoms with E-state index in [1.807, 2.05) is 24.3 Å². The Morgan fingerprint density at radius 3 is 2.45 bits per heavy atom. The monoisotopic (exact) mass is 467 g/mol. The minimum absolute atomic E-state index is 0.0438. The lowest BCUT2D eigenvalue weighted by Gasteiger charge is -2.34. The van der Waals surface area contributed by atoms with Crippen LogP contribution in [0.2, 0.25) is 0 Å². The van der Waals surface area contributed by atoms with Gasteiger partial charge in [-0.2, -0.15) is 0 Å². The van der Waals surface area contributed by atoms with Gasteiger partial charge in [-0.3, -0.25) is 19.8 Å². The van der Waals surface area contributed by atoms with E-state index >= 15 is 0 Å². The number of carbonyl (C=O) groups is 1. The first-order valence-electron chi connectivity index (χ1n) is 11.1. The maximum atomic E-state index is 12.4. The Balaban J connectivity index is 1.25. The van der Waals surface area contributed by atoms with Crippen molar-refractivity contribution in [1.29, 1.82) is 0 Å². The summed E-state index contributed by atoms with van der Waals surface area (Å²) in [5.74, 6) is -0.0438. The van der Waals surface area contributed by atoms with E-state index in [9.17, 15) is 14.9 Å². The zero-order valence-electron chi connectivity index (χ0n) is 19.2. The maximum absolute atomic E-state index is 12.4. The van der Waals surface area contributed by atoms with E-state index in [-0.39, 0.29) is 21.9 Å². The first-order chi connectivity index (χ1) is 15.7. The Morgan fingerprint density at radius 1 is 1.12 bits per heavy atom. The summed E-state index contributed by atoms with van der Waals surface area (Å²) in [7, 11) is 0. The van der Waals surface area contributed by atoms with Crippen molar-refractivity contribution in [3.63, 3.8) is 0 Å². The minimum atomic E-state index is -0.378. The number of aromatic nitrogens is 1. The lowest BCUT2D eigenvalue weighted by atomic mass is 9.87. The van der Waals surface area contributed by atoms with Gasteiger partial charge in [0, 0.05) is 57.0 Å². The highest BCUT2D eigenvalue weighted by molar-refractivity contribution is 7.22. The molecule has 174 valence electrons. The van der Waals surface area contributed by atoms with Gasteiger partial charge in [0.05, 0.1) is 15.1 Å². The zero-order valence-corrected chi connectivity index (χ0v) is 20.0. The second kappa shape index (κ2) is 9.44. The molecule has 4 rings (SSSR count). The quantitative estimate of drug-likeness (QED) is 0.434. The number of amides is 1. The van der Waals surface area contributed by atoms with Crippen LogP contribution in [0.5, 0.6) is 0 Å². The van der Waals surface area contributed by atoms with Gasteiger partial charge < -0.3 is 10.2 Å². The average Bonchev–Trinajstić information content (AvgIpc) is 3.22. The number of nitrogens with one attached hydrogen (secondary N) is 1. The van der Waals surface area contributed by atoms with Crippen molar-refractivity contribution in [2.45, 2.75) is 26.2 Å². The molecule has 8 nitrogen and oxygen atoms in total.